The first-order valence-corrected chi connectivity index (χ1v) is 7.96. The van der Waals surface area contributed by atoms with Crippen molar-refractivity contribution in [3.8, 4) is 10.6 Å². The normalized spacial score (nSPS) is 10.3. The maximum atomic E-state index is 12.1. The van der Waals surface area contributed by atoms with E-state index in [1.165, 1.54) is 11.3 Å². The number of nitrogens with zero attached hydrogens (tertiary/aromatic N) is 3. The smallest absolute Gasteiger partial charge is 0.318 e. The third kappa shape index (κ3) is 4.39. The highest BCUT2D eigenvalue weighted by Crippen LogP contribution is 2.22. The third-order valence-electron chi connectivity index (χ3n) is 3.01. The van der Waals surface area contributed by atoms with Crippen molar-refractivity contribution >= 4 is 17.4 Å². The standard InChI is InChI=1S/C16H20N4OS/c1-4-20(11-12(2)3)16(21)17-10-14-18-19-15(22-14)13-8-6-5-7-9-13/h5-9H,2,4,10-11H2,1,3H3,(H,17,21). The molecule has 1 aromatic carbocycles. The van der Waals surface area contributed by atoms with Crippen molar-refractivity contribution in [3.63, 3.8) is 0 Å². The van der Waals surface area contributed by atoms with Crippen LogP contribution in [0.25, 0.3) is 10.6 Å². The summed E-state index contributed by atoms with van der Waals surface area (Å²) in [6, 6.07) is 9.78. The minimum absolute atomic E-state index is 0.109. The Bertz CT molecular complexity index is 639. The number of benzene rings is 1. The van der Waals surface area contributed by atoms with Crippen LogP contribution in [0.3, 0.4) is 0 Å². The Kier molecular flexibility index (Phi) is 5.66. The Morgan fingerprint density at radius 3 is 2.68 bits per heavy atom. The minimum Gasteiger partial charge on any atom is -0.331 e. The first kappa shape index (κ1) is 16.2. The summed E-state index contributed by atoms with van der Waals surface area (Å²) in [7, 11) is 0. The van der Waals surface area contributed by atoms with Crippen molar-refractivity contribution in [3.05, 3.63) is 47.5 Å². The predicted octanol–water partition coefficient (Wildman–Crippen LogP) is 3.31. The number of hydrogen-bond donors (Lipinski definition) is 1. The lowest BCUT2D eigenvalue weighted by Gasteiger charge is -2.20. The van der Waals surface area contributed by atoms with Gasteiger partial charge in [0.15, 0.2) is 0 Å². The lowest BCUT2D eigenvalue weighted by molar-refractivity contribution is 0.204. The molecule has 2 aromatic rings. The molecule has 0 bridgehead atoms. The molecule has 116 valence electrons. The van der Waals surface area contributed by atoms with Crippen LogP contribution >= 0.6 is 11.3 Å². The fraction of sp³-hybridized carbons (Fsp3) is 0.312. The lowest BCUT2D eigenvalue weighted by Crippen LogP contribution is -2.40. The van der Waals surface area contributed by atoms with Gasteiger partial charge in [0.25, 0.3) is 0 Å². The summed E-state index contributed by atoms with van der Waals surface area (Å²) in [5, 5.41) is 12.8. The molecule has 1 aromatic heterocycles. The fourth-order valence-corrected chi connectivity index (χ4v) is 2.72. The third-order valence-corrected chi connectivity index (χ3v) is 3.98. The van der Waals surface area contributed by atoms with Crippen LogP contribution in [-0.4, -0.2) is 34.2 Å². The van der Waals surface area contributed by atoms with Gasteiger partial charge in [-0.2, -0.15) is 0 Å². The van der Waals surface area contributed by atoms with Gasteiger partial charge >= 0.3 is 6.03 Å². The van der Waals surface area contributed by atoms with E-state index in [2.05, 4.69) is 22.1 Å². The topological polar surface area (TPSA) is 58.1 Å². The predicted molar refractivity (Wildman–Crippen MR) is 89.6 cm³/mol. The van der Waals surface area contributed by atoms with E-state index < -0.39 is 0 Å². The maximum absolute atomic E-state index is 12.1. The van der Waals surface area contributed by atoms with Gasteiger partial charge < -0.3 is 10.2 Å². The quantitative estimate of drug-likeness (QED) is 0.832. The summed E-state index contributed by atoms with van der Waals surface area (Å²) in [4.78, 5) is 13.8. The number of carbonyl (C=O) groups excluding carboxylic acids is 1. The molecular formula is C16H20N4OS. The average molecular weight is 316 g/mol. The van der Waals surface area contributed by atoms with Crippen LogP contribution in [0, 0.1) is 0 Å². The van der Waals surface area contributed by atoms with E-state index >= 15 is 0 Å². The number of carbonyl (C=O) groups is 1. The molecule has 0 fully saturated rings. The number of nitrogens with one attached hydrogen (secondary N) is 1. The summed E-state index contributed by atoms with van der Waals surface area (Å²) < 4.78 is 0. The van der Waals surface area contributed by atoms with Crippen LogP contribution in [0.4, 0.5) is 4.79 Å². The summed E-state index contributed by atoms with van der Waals surface area (Å²) in [6.45, 7) is 9.28. The Labute approximate surface area is 134 Å². The summed E-state index contributed by atoms with van der Waals surface area (Å²) in [5.74, 6) is 0. The van der Waals surface area contributed by atoms with Gasteiger partial charge in [-0.1, -0.05) is 53.8 Å². The van der Waals surface area contributed by atoms with E-state index in [0.29, 0.717) is 19.6 Å². The van der Waals surface area contributed by atoms with Crippen LogP contribution in [-0.2, 0) is 6.54 Å². The number of rotatable bonds is 6. The zero-order chi connectivity index (χ0) is 15.9. The number of aromatic nitrogens is 2. The maximum Gasteiger partial charge on any atom is 0.318 e. The van der Waals surface area contributed by atoms with Gasteiger partial charge in [-0.05, 0) is 13.8 Å². The van der Waals surface area contributed by atoms with Gasteiger partial charge in [0.2, 0.25) is 0 Å². The van der Waals surface area contributed by atoms with Crippen LogP contribution < -0.4 is 5.32 Å². The van der Waals surface area contributed by atoms with Gasteiger partial charge in [-0.15, -0.1) is 10.2 Å². The number of amides is 2. The lowest BCUT2D eigenvalue weighted by atomic mass is 10.2. The Morgan fingerprint density at radius 1 is 1.32 bits per heavy atom. The Morgan fingerprint density at radius 2 is 2.05 bits per heavy atom. The van der Waals surface area contributed by atoms with Crippen LogP contribution in [0.5, 0.6) is 0 Å². The first-order chi connectivity index (χ1) is 10.6. The van der Waals surface area contributed by atoms with E-state index in [0.717, 1.165) is 21.2 Å². The van der Waals surface area contributed by atoms with Gasteiger partial charge in [-0.25, -0.2) is 4.79 Å². The van der Waals surface area contributed by atoms with Gasteiger partial charge in [0, 0.05) is 18.7 Å². The van der Waals surface area contributed by atoms with E-state index in [-0.39, 0.29) is 6.03 Å². The SMILES string of the molecule is C=C(C)CN(CC)C(=O)NCc1nnc(-c2ccccc2)s1. The van der Waals surface area contributed by atoms with E-state index in [1.807, 2.05) is 44.2 Å². The highest BCUT2D eigenvalue weighted by molar-refractivity contribution is 7.14. The second-order valence-electron chi connectivity index (χ2n) is 5.00. The van der Waals surface area contributed by atoms with Gasteiger partial charge in [-0.3, -0.25) is 0 Å². The molecule has 0 radical (unpaired) electrons. The van der Waals surface area contributed by atoms with Gasteiger partial charge in [0.05, 0.1) is 6.54 Å². The molecule has 0 aliphatic carbocycles. The van der Waals surface area contributed by atoms with E-state index in [4.69, 9.17) is 0 Å². The summed E-state index contributed by atoms with van der Waals surface area (Å²) >= 11 is 1.49. The highest BCUT2D eigenvalue weighted by Gasteiger charge is 2.12. The second-order valence-corrected chi connectivity index (χ2v) is 6.06. The van der Waals surface area contributed by atoms with Crippen molar-refractivity contribution < 1.29 is 4.79 Å². The molecule has 0 spiro atoms. The Balaban J connectivity index is 1.93. The molecule has 0 aliphatic heterocycles. The van der Waals surface area contributed by atoms with Gasteiger partial charge in [0.1, 0.15) is 10.0 Å². The van der Waals surface area contributed by atoms with Crippen molar-refractivity contribution in [1.82, 2.24) is 20.4 Å². The summed E-state index contributed by atoms with van der Waals surface area (Å²) in [5.41, 5.74) is 1.99. The van der Waals surface area contributed by atoms with E-state index in [9.17, 15) is 4.79 Å². The zero-order valence-electron chi connectivity index (χ0n) is 12.9. The largest absolute Gasteiger partial charge is 0.331 e. The first-order valence-electron chi connectivity index (χ1n) is 7.15. The molecule has 2 rings (SSSR count). The van der Waals surface area contributed by atoms with Crippen molar-refractivity contribution in [2.75, 3.05) is 13.1 Å². The molecule has 22 heavy (non-hydrogen) atoms. The van der Waals surface area contributed by atoms with Crippen molar-refractivity contribution in [1.29, 1.82) is 0 Å². The molecule has 0 saturated carbocycles. The Hall–Kier alpha value is -2.21. The summed E-state index contributed by atoms with van der Waals surface area (Å²) in [6.07, 6.45) is 0. The second kappa shape index (κ2) is 7.70. The highest BCUT2D eigenvalue weighted by atomic mass is 32.1. The zero-order valence-corrected chi connectivity index (χ0v) is 13.7. The van der Waals surface area contributed by atoms with Crippen LogP contribution in [0.15, 0.2) is 42.5 Å². The monoisotopic (exact) mass is 316 g/mol. The van der Waals surface area contributed by atoms with Crippen LogP contribution in [0.2, 0.25) is 0 Å². The minimum atomic E-state index is -0.109. The molecule has 1 heterocycles. The molecular weight excluding hydrogens is 296 g/mol. The fourth-order valence-electron chi connectivity index (χ4n) is 1.94. The molecule has 2 amide bonds. The average Bonchev–Trinajstić information content (AvgIpc) is 3.00. The van der Waals surface area contributed by atoms with E-state index in [1.54, 1.807) is 4.90 Å². The molecule has 1 N–H and O–H groups in total. The molecule has 0 saturated heterocycles. The number of hydrogen-bond acceptors (Lipinski definition) is 4. The number of urea groups is 1. The number of likely N-dealkylation sites (N-methyl/N-ethyl adjacent to an activating group) is 1. The van der Waals surface area contributed by atoms with Crippen molar-refractivity contribution in [2.24, 2.45) is 0 Å². The molecule has 5 nitrogen and oxygen atoms in total. The molecule has 0 atom stereocenters. The van der Waals surface area contributed by atoms with Crippen molar-refractivity contribution in [2.45, 2.75) is 20.4 Å². The van der Waals surface area contributed by atoms with Crippen LogP contribution in [0.1, 0.15) is 18.9 Å². The molecule has 0 unspecified atom stereocenters. The molecule has 6 heteroatoms. The molecule has 0 aliphatic rings.